The highest BCUT2D eigenvalue weighted by atomic mass is 16.5. The number of fused-ring (bicyclic) bond motifs is 6. The Bertz CT molecular complexity index is 1160. The van der Waals surface area contributed by atoms with Crippen LogP contribution in [0.4, 0.5) is 5.69 Å². The first-order valence-corrected chi connectivity index (χ1v) is 9.05. The highest BCUT2D eigenvalue weighted by Crippen LogP contribution is 2.63. The molecule has 5 rings (SSSR count). The van der Waals surface area contributed by atoms with E-state index >= 15 is 0 Å². The second-order valence-corrected chi connectivity index (χ2v) is 7.31. The molecule has 2 aliphatic rings. The number of rotatable bonds is 3. The van der Waals surface area contributed by atoms with E-state index in [1.54, 1.807) is 12.1 Å². The number of nitrogens with zero attached hydrogens (tertiary/aromatic N) is 2. The molecule has 2 aliphatic heterocycles. The lowest BCUT2D eigenvalue weighted by molar-refractivity contribution is -0.0470. The summed E-state index contributed by atoms with van der Waals surface area (Å²) in [7, 11) is 0. The zero-order valence-corrected chi connectivity index (χ0v) is 14.8. The molecule has 2 unspecified atom stereocenters. The first kappa shape index (κ1) is 17.1. The zero-order valence-electron chi connectivity index (χ0n) is 14.8. The van der Waals surface area contributed by atoms with Gasteiger partial charge in [-0.2, -0.15) is 0 Å². The van der Waals surface area contributed by atoms with Gasteiger partial charge in [0.25, 0.3) is 0 Å². The molecule has 0 spiro atoms. The number of aromatic nitrogens is 1. The van der Waals surface area contributed by atoms with Crippen molar-refractivity contribution < 1.29 is 25.2 Å². The highest BCUT2D eigenvalue weighted by molar-refractivity contribution is 6.00. The van der Waals surface area contributed by atoms with Gasteiger partial charge in [0, 0.05) is 19.4 Å². The molecule has 1 aromatic heterocycles. The van der Waals surface area contributed by atoms with Crippen LogP contribution in [0.3, 0.4) is 0 Å². The Balaban J connectivity index is 1.80. The largest absolute Gasteiger partial charge is 0.494 e. The lowest BCUT2D eigenvalue weighted by Gasteiger charge is -2.25. The molecule has 7 nitrogen and oxygen atoms in total. The maximum atomic E-state index is 11.1. The van der Waals surface area contributed by atoms with Crippen molar-refractivity contribution in [1.82, 2.24) is 4.57 Å². The summed E-state index contributed by atoms with van der Waals surface area (Å²) in [4.78, 5) is 3.54. The van der Waals surface area contributed by atoms with Crippen LogP contribution >= 0.6 is 0 Å². The van der Waals surface area contributed by atoms with Gasteiger partial charge in [0.05, 0.1) is 29.5 Å². The minimum Gasteiger partial charge on any atom is -0.494 e. The van der Waals surface area contributed by atoms with Crippen molar-refractivity contribution in [2.24, 2.45) is 0 Å². The minimum absolute atomic E-state index is 0.170. The third-order valence-corrected chi connectivity index (χ3v) is 5.89. The molecular formula is C21H18N2O5. The summed E-state index contributed by atoms with van der Waals surface area (Å²) < 4.78 is 7.25. The van der Waals surface area contributed by atoms with Crippen LogP contribution in [0.2, 0.25) is 0 Å². The van der Waals surface area contributed by atoms with Crippen LogP contribution in [0.5, 0.6) is 11.8 Å². The zero-order chi connectivity index (χ0) is 19.6. The van der Waals surface area contributed by atoms with Gasteiger partial charge < -0.3 is 25.2 Å². The SMILES string of the molecule is [C-]#[N+]c1ccc(-n2c(O)c3c(c2O)C2(CCO)C[C@@H](O)C3O2)c2ccccc12. The fourth-order valence-electron chi connectivity index (χ4n) is 4.76. The predicted octanol–water partition coefficient (Wildman–Crippen LogP) is 3.01. The van der Waals surface area contributed by atoms with Crippen LogP contribution in [0, 0.1) is 6.57 Å². The van der Waals surface area contributed by atoms with Gasteiger partial charge in [-0.1, -0.05) is 30.3 Å². The topological polar surface area (TPSA) is 99.4 Å². The maximum absolute atomic E-state index is 11.1. The van der Waals surface area contributed by atoms with E-state index in [2.05, 4.69) is 4.85 Å². The number of hydrogen-bond donors (Lipinski definition) is 4. The van der Waals surface area contributed by atoms with Gasteiger partial charge >= 0.3 is 0 Å². The molecule has 142 valence electrons. The summed E-state index contributed by atoms with van der Waals surface area (Å²) in [6.07, 6.45) is -1.11. The Morgan fingerprint density at radius 3 is 2.61 bits per heavy atom. The summed E-state index contributed by atoms with van der Waals surface area (Å²) in [5.41, 5.74) is 0.775. The van der Waals surface area contributed by atoms with E-state index in [9.17, 15) is 20.4 Å². The summed E-state index contributed by atoms with van der Waals surface area (Å²) >= 11 is 0. The van der Waals surface area contributed by atoms with Gasteiger partial charge in [-0.05, 0) is 16.8 Å². The molecule has 3 atom stereocenters. The Morgan fingerprint density at radius 2 is 1.89 bits per heavy atom. The Hall–Kier alpha value is -3.05. The van der Waals surface area contributed by atoms with E-state index in [1.807, 2.05) is 24.3 Å². The lowest BCUT2D eigenvalue weighted by Crippen LogP contribution is -2.27. The fourth-order valence-corrected chi connectivity index (χ4v) is 4.76. The quantitative estimate of drug-likeness (QED) is 0.525. The smallest absolute Gasteiger partial charge is 0.205 e. The van der Waals surface area contributed by atoms with Crippen molar-refractivity contribution in [2.45, 2.75) is 30.7 Å². The van der Waals surface area contributed by atoms with Gasteiger partial charge in [-0.3, -0.25) is 4.57 Å². The molecular weight excluding hydrogens is 360 g/mol. The Kier molecular flexibility index (Phi) is 3.49. The van der Waals surface area contributed by atoms with Crippen LogP contribution in [0.1, 0.15) is 30.1 Å². The van der Waals surface area contributed by atoms with Crippen LogP contribution in [0.15, 0.2) is 36.4 Å². The number of hydrogen-bond acceptors (Lipinski definition) is 5. The molecule has 1 saturated heterocycles. The second kappa shape index (κ2) is 5.72. The van der Waals surface area contributed by atoms with E-state index in [1.165, 1.54) is 4.57 Å². The minimum atomic E-state index is -1.02. The highest BCUT2D eigenvalue weighted by Gasteiger charge is 2.59. The standard InChI is InChI=1S/C21H18N2O5/c1-22-13-6-7-14(12-5-3-2-4-11(12)13)23-19(26)16-17(20(23)27)21(8-9-24)10-15(25)18(16)28-21/h2-7,15,18,24-27H,8-10H2/t15-,18?,21?/m1/s1. The average molecular weight is 378 g/mol. The van der Waals surface area contributed by atoms with Crippen LogP contribution in [-0.4, -0.2) is 37.7 Å². The lowest BCUT2D eigenvalue weighted by atomic mass is 9.81. The molecule has 3 aromatic rings. The van der Waals surface area contributed by atoms with Crippen LogP contribution in [0.25, 0.3) is 21.3 Å². The number of aromatic hydroxyl groups is 2. The van der Waals surface area contributed by atoms with Gasteiger partial charge in [0.2, 0.25) is 11.8 Å². The van der Waals surface area contributed by atoms with Crippen molar-refractivity contribution in [3.63, 3.8) is 0 Å². The molecule has 2 aromatic carbocycles. The van der Waals surface area contributed by atoms with E-state index in [0.29, 0.717) is 33.3 Å². The normalized spacial score (nSPS) is 25.2. The molecule has 7 heteroatoms. The summed E-state index contributed by atoms with van der Waals surface area (Å²) in [6, 6.07) is 10.6. The first-order valence-electron chi connectivity index (χ1n) is 9.05. The van der Waals surface area contributed by atoms with E-state index in [-0.39, 0.29) is 31.2 Å². The number of aliphatic hydroxyl groups is 2. The van der Waals surface area contributed by atoms with Crippen LogP contribution < -0.4 is 0 Å². The molecule has 2 bridgehead atoms. The third-order valence-electron chi connectivity index (χ3n) is 5.89. The molecule has 0 aliphatic carbocycles. The summed E-state index contributed by atoms with van der Waals surface area (Å²) in [5, 5.41) is 43.3. The van der Waals surface area contributed by atoms with Gasteiger partial charge in [0.1, 0.15) is 11.7 Å². The number of ether oxygens (including phenoxy) is 1. The molecule has 3 heterocycles. The summed E-state index contributed by atoms with van der Waals surface area (Å²) in [6.45, 7) is 7.20. The van der Waals surface area contributed by atoms with Crippen molar-refractivity contribution in [3.05, 3.63) is 58.9 Å². The predicted molar refractivity (Wildman–Crippen MR) is 101 cm³/mol. The van der Waals surface area contributed by atoms with Crippen molar-refractivity contribution in [3.8, 4) is 17.4 Å². The van der Waals surface area contributed by atoms with Gasteiger partial charge in [-0.15, -0.1) is 0 Å². The molecule has 4 N–H and O–H groups in total. The average Bonchev–Trinajstić information content (AvgIpc) is 3.28. The van der Waals surface area contributed by atoms with Crippen LogP contribution in [-0.2, 0) is 10.3 Å². The Labute approximate surface area is 160 Å². The molecule has 0 amide bonds. The molecule has 1 fully saturated rings. The maximum Gasteiger partial charge on any atom is 0.205 e. The Morgan fingerprint density at radius 1 is 1.14 bits per heavy atom. The van der Waals surface area contributed by atoms with Gasteiger partial charge in [0.15, 0.2) is 5.69 Å². The third kappa shape index (κ3) is 1.97. The van der Waals surface area contributed by atoms with Crippen molar-refractivity contribution in [1.29, 1.82) is 0 Å². The number of benzene rings is 2. The molecule has 28 heavy (non-hydrogen) atoms. The monoisotopic (exact) mass is 378 g/mol. The second-order valence-electron chi connectivity index (χ2n) is 7.31. The van der Waals surface area contributed by atoms with Crippen molar-refractivity contribution in [2.75, 3.05) is 6.61 Å². The molecule has 0 radical (unpaired) electrons. The first-order chi connectivity index (χ1) is 13.5. The van der Waals surface area contributed by atoms with Gasteiger partial charge in [-0.25, -0.2) is 4.85 Å². The number of aliphatic hydroxyl groups excluding tert-OH is 2. The van der Waals surface area contributed by atoms with E-state index < -0.39 is 17.8 Å². The molecule has 0 saturated carbocycles. The fraction of sp³-hybridized carbons (Fsp3) is 0.286. The summed E-state index contributed by atoms with van der Waals surface area (Å²) in [5.74, 6) is -0.368. The van der Waals surface area contributed by atoms with E-state index in [4.69, 9.17) is 11.3 Å². The van der Waals surface area contributed by atoms with Crippen molar-refractivity contribution >= 4 is 16.5 Å². The van der Waals surface area contributed by atoms with E-state index in [0.717, 1.165) is 0 Å².